The molecule has 4 nitrogen and oxygen atoms in total. The first-order valence-electron chi connectivity index (χ1n) is 10.7. The lowest BCUT2D eigenvalue weighted by atomic mass is 9.84. The number of ether oxygens (including phenoxy) is 2. The largest absolute Gasteiger partial charge is 0.493 e. The third kappa shape index (κ3) is 4.38. The average molecular weight is 409 g/mol. The van der Waals surface area contributed by atoms with E-state index >= 15 is 0 Å². The van der Waals surface area contributed by atoms with E-state index in [0.29, 0.717) is 29.0 Å². The fraction of sp³-hybridized carbons (Fsp3) is 0.739. The standard InChI is InChI=1S/C23H34F2N2O2/c1-22(2,3)11-17-12-27-7-6-15-8-21(29-14-16-10-23(16,24)25)20(28-5)9-18(15)19(27)13-26(17)4/h8-9,16-17,19H,6-7,10-14H2,1-5H3/t16?,17-,19?/m1/s1. The van der Waals surface area contributed by atoms with Crippen LogP contribution in [0.2, 0.25) is 0 Å². The highest BCUT2D eigenvalue weighted by molar-refractivity contribution is 5.50. The lowest BCUT2D eigenvalue weighted by Crippen LogP contribution is -2.55. The lowest BCUT2D eigenvalue weighted by molar-refractivity contribution is 0.0213. The van der Waals surface area contributed by atoms with Gasteiger partial charge < -0.3 is 14.4 Å². The Hall–Kier alpha value is -1.40. The normalized spacial score (nSPS) is 29.1. The van der Waals surface area contributed by atoms with Gasteiger partial charge in [0, 0.05) is 38.1 Å². The van der Waals surface area contributed by atoms with Crippen LogP contribution in [-0.4, -0.2) is 62.2 Å². The van der Waals surface area contributed by atoms with Gasteiger partial charge in [0.25, 0.3) is 5.92 Å². The quantitative estimate of drug-likeness (QED) is 0.722. The fourth-order valence-corrected chi connectivity index (χ4v) is 4.87. The molecule has 1 saturated carbocycles. The molecule has 0 bridgehead atoms. The van der Waals surface area contributed by atoms with Crippen molar-refractivity contribution in [3.63, 3.8) is 0 Å². The fourth-order valence-electron chi connectivity index (χ4n) is 4.87. The van der Waals surface area contributed by atoms with Gasteiger partial charge in [0.2, 0.25) is 0 Å². The number of rotatable bonds is 5. The van der Waals surface area contributed by atoms with Crippen LogP contribution >= 0.6 is 0 Å². The molecule has 3 atom stereocenters. The van der Waals surface area contributed by atoms with Crippen LogP contribution in [0.3, 0.4) is 0 Å². The second-order valence-electron chi connectivity index (χ2n) is 10.3. The van der Waals surface area contributed by atoms with Crippen molar-refractivity contribution in [3.05, 3.63) is 23.3 Å². The summed E-state index contributed by atoms with van der Waals surface area (Å²) in [6, 6.07) is 5.01. The van der Waals surface area contributed by atoms with Crippen molar-refractivity contribution in [1.29, 1.82) is 0 Å². The molecule has 0 N–H and O–H groups in total. The van der Waals surface area contributed by atoms with Gasteiger partial charge in [0.1, 0.15) is 0 Å². The van der Waals surface area contributed by atoms with Crippen molar-refractivity contribution >= 4 is 0 Å². The number of halogens is 2. The smallest absolute Gasteiger partial charge is 0.255 e. The van der Waals surface area contributed by atoms with Gasteiger partial charge in [-0.1, -0.05) is 20.8 Å². The van der Waals surface area contributed by atoms with Gasteiger partial charge in [-0.15, -0.1) is 0 Å². The van der Waals surface area contributed by atoms with Crippen molar-refractivity contribution in [3.8, 4) is 11.5 Å². The third-order valence-corrected chi connectivity index (χ3v) is 6.67. The minimum Gasteiger partial charge on any atom is -0.493 e. The van der Waals surface area contributed by atoms with Crippen molar-refractivity contribution in [2.45, 2.75) is 58.0 Å². The van der Waals surface area contributed by atoms with E-state index in [4.69, 9.17) is 9.47 Å². The molecule has 1 aliphatic carbocycles. The molecule has 2 heterocycles. The molecule has 2 unspecified atom stereocenters. The summed E-state index contributed by atoms with van der Waals surface area (Å²) in [5, 5.41) is 0. The minimum absolute atomic E-state index is 0.0505. The Kier molecular flexibility index (Phi) is 5.31. The molecular formula is C23H34F2N2O2. The molecule has 2 aliphatic heterocycles. The Morgan fingerprint density at radius 3 is 2.52 bits per heavy atom. The van der Waals surface area contributed by atoms with Gasteiger partial charge in [0.05, 0.1) is 19.6 Å². The van der Waals surface area contributed by atoms with Crippen LogP contribution in [0.5, 0.6) is 11.5 Å². The predicted molar refractivity (Wildman–Crippen MR) is 110 cm³/mol. The summed E-state index contributed by atoms with van der Waals surface area (Å²) >= 11 is 0. The minimum atomic E-state index is -2.56. The summed E-state index contributed by atoms with van der Waals surface area (Å²) in [5.41, 5.74) is 2.86. The van der Waals surface area contributed by atoms with Gasteiger partial charge in [-0.05, 0) is 48.6 Å². The van der Waals surface area contributed by atoms with E-state index < -0.39 is 11.8 Å². The maximum Gasteiger partial charge on any atom is 0.255 e. The summed E-state index contributed by atoms with van der Waals surface area (Å²) < 4.78 is 37.7. The second-order valence-corrected chi connectivity index (χ2v) is 10.3. The SMILES string of the molecule is COc1cc2c(cc1OCC1CC1(F)F)CCN1C[C@@H](CC(C)(C)C)N(C)CC21. The highest BCUT2D eigenvalue weighted by Gasteiger charge is 2.57. The topological polar surface area (TPSA) is 24.9 Å². The molecule has 3 aliphatic rings. The molecule has 0 spiro atoms. The van der Waals surface area contributed by atoms with E-state index in [1.54, 1.807) is 7.11 Å². The third-order valence-electron chi connectivity index (χ3n) is 6.67. The predicted octanol–water partition coefficient (Wildman–Crippen LogP) is 4.38. The molecule has 1 saturated heterocycles. The average Bonchev–Trinajstić information content (AvgIpc) is 3.25. The van der Waals surface area contributed by atoms with Gasteiger partial charge in [-0.25, -0.2) is 8.78 Å². The highest BCUT2D eigenvalue weighted by Crippen LogP contribution is 2.49. The van der Waals surface area contributed by atoms with Crippen molar-refractivity contribution in [2.75, 3.05) is 40.4 Å². The van der Waals surface area contributed by atoms with Gasteiger partial charge in [-0.3, -0.25) is 4.90 Å². The first-order valence-corrected chi connectivity index (χ1v) is 10.7. The van der Waals surface area contributed by atoms with E-state index in [-0.39, 0.29) is 13.0 Å². The van der Waals surface area contributed by atoms with Crippen molar-refractivity contribution in [2.24, 2.45) is 11.3 Å². The molecule has 0 amide bonds. The Bertz CT molecular complexity index is 762. The van der Waals surface area contributed by atoms with Crippen molar-refractivity contribution in [1.82, 2.24) is 9.80 Å². The number of fused-ring (bicyclic) bond motifs is 3. The Morgan fingerprint density at radius 2 is 1.90 bits per heavy atom. The first kappa shape index (κ1) is 20.9. The van der Waals surface area contributed by atoms with E-state index in [0.717, 1.165) is 26.1 Å². The second kappa shape index (κ2) is 7.38. The molecule has 6 heteroatoms. The zero-order valence-electron chi connectivity index (χ0n) is 18.3. The van der Waals surface area contributed by atoms with Crippen LogP contribution in [0, 0.1) is 11.3 Å². The van der Waals surface area contributed by atoms with Crippen molar-refractivity contribution < 1.29 is 18.3 Å². The molecule has 162 valence electrons. The lowest BCUT2D eigenvalue weighted by Gasteiger charge is -2.49. The molecule has 1 aromatic carbocycles. The number of likely N-dealkylation sites (N-methyl/N-ethyl adjacent to an activating group) is 1. The number of hydrogen-bond acceptors (Lipinski definition) is 4. The van der Waals surface area contributed by atoms with E-state index in [1.807, 2.05) is 6.07 Å². The van der Waals surface area contributed by atoms with Crippen LogP contribution in [0.1, 0.15) is 50.8 Å². The number of alkyl halides is 2. The van der Waals surface area contributed by atoms with Crippen LogP contribution in [-0.2, 0) is 6.42 Å². The zero-order valence-corrected chi connectivity index (χ0v) is 18.3. The van der Waals surface area contributed by atoms with Crippen LogP contribution in [0.4, 0.5) is 8.78 Å². The summed E-state index contributed by atoms with van der Waals surface area (Å²) in [6.45, 7) is 10.1. The Labute approximate surface area is 173 Å². The Morgan fingerprint density at radius 1 is 1.17 bits per heavy atom. The van der Waals surface area contributed by atoms with Crippen LogP contribution in [0.15, 0.2) is 12.1 Å². The van der Waals surface area contributed by atoms with Gasteiger partial charge >= 0.3 is 0 Å². The molecule has 2 fully saturated rings. The van der Waals surface area contributed by atoms with Crippen LogP contribution in [0.25, 0.3) is 0 Å². The Balaban J connectivity index is 1.51. The summed E-state index contributed by atoms with van der Waals surface area (Å²) in [6.07, 6.45) is 2.07. The molecule has 4 rings (SSSR count). The highest BCUT2D eigenvalue weighted by atomic mass is 19.3. The summed E-state index contributed by atoms with van der Waals surface area (Å²) in [7, 11) is 3.85. The summed E-state index contributed by atoms with van der Waals surface area (Å²) in [4.78, 5) is 5.09. The monoisotopic (exact) mass is 408 g/mol. The molecule has 0 radical (unpaired) electrons. The number of methoxy groups -OCH3 is 1. The first-order chi connectivity index (χ1) is 13.6. The molecular weight excluding hydrogens is 374 g/mol. The van der Waals surface area contributed by atoms with E-state index in [9.17, 15) is 8.78 Å². The number of nitrogens with zero attached hydrogens (tertiary/aromatic N) is 2. The van der Waals surface area contributed by atoms with Gasteiger partial charge in [-0.2, -0.15) is 0 Å². The number of hydrogen-bond donors (Lipinski definition) is 0. The number of benzene rings is 1. The maximum absolute atomic E-state index is 13.2. The molecule has 0 aromatic heterocycles. The molecule has 29 heavy (non-hydrogen) atoms. The maximum atomic E-state index is 13.2. The van der Waals surface area contributed by atoms with E-state index in [1.165, 1.54) is 17.5 Å². The zero-order chi connectivity index (χ0) is 21.0. The molecule has 1 aromatic rings. The summed E-state index contributed by atoms with van der Waals surface area (Å²) in [5.74, 6) is -1.98. The van der Waals surface area contributed by atoms with Gasteiger partial charge in [0.15, 0.2) is 11.5 Å². The van der Waals surface area contributed by atoms with Crippen LogP contribution < -0.4 is 9.47 Å². The van der Waals surface area contributed by atoms with E-state index in [2.05, 4.69) is 43.7 Å². The number of piperazine rings is 1.